The number of pyridine rings is 1. The average Bonchev–Trinajstić information content (AvgIpc) is 1.59. The Morgan fingerprint density at radius 2 is 1.40 bits per heavy atom. The first-order chi connectivity index (χ1) is 4.18. The number of rotatable bonds is 0. The summed E-state index contributed by atoms with van der Waals surface area (Å²) in [5.74, 6) is 0. The number of aromatic nitrogens is 1. The third kappa shape index (κ3) is 2.56. The van der Waals surface area contributed by atoms with Crippen LogP contribution in [0.2, 0.25) is 0 Å². The van der Waals surface area contributed by atoms with Crippen molar-refractivity contribution in [3.63, 3.8) is 0 Å². The Balaban J connectivity index is 0.000000810. The third-order valence-corrected chi connectivity index (χ3v) is 1.23. The van der Waals surface area contributed by atoms with Gasteiger partial charge >= 0.3 is 0 Å². The summed E-state index contributed by atoms with van der Waals surface area (Å²) >= 11 is 0. The Morgan fingerprint density at radius 3 is 1.70 bits per heavy atom. The van der Waals surface area contributed by atoms with Crippen LogP contribution in [0.3, 0.4) is 0 Å². The van der Waals surface area contributed by atoms with E-state index in [0.29, 0.717) is 0 Å². The van der Waals surface area contributed by atoms with E-state index >= 15 is 0 Å². The number of hydrogen-bond donors (Lipinski definition) is 0. The Morgan fingerprint density at radius 1 is 1.00 bits per heavy atom. The molecule has 49 valence electrons. The molecule has 1 radical (unpaired) electrons. The topological polar surface area (TPSA) is 12.9 Å². The maximum atomic E-state index is 4.23. The molecule has 0 N–H and O–H groups in total. The van der Waals surface area contributed by atoms with Gasteiger partial charge in [-0.05, 0) is 38.5 Å². The van der Waals surface area contributed by atoms with Crippen LogP contribution >= 0.6 is 0 Å². The summed E-state index contributed by atoms with van der Waals surface area (Å²) in [5, 5.41) is 0. The van der Waals surface area contributed by atoms with Gasteiger partial charge in [0.2, 0.25) is 0 Å². The van der Waals surface area contributed by atoms with Gasteiger partial charge in [-0.25, -0.2) is 0 Å². The van der Waals surface area contributed by atoms with Crippen LogP contribution in [0.25, 0.3) is 0 Å². The smallest absolute Gasteiger partial charge is 0.0378 e. The summed E-state index contributed by atoms with van der Waals surface area (Å²) in [5.41, 5.74) is 3.50. The molecule has 0 spiro atoms. The van der Waals surface area contributed by atoms with Crippen molar-refractivity contribution in [1.82, 2.24) is 4.98 Å². The maximum absolute atomic E-state index is 4.23. The van der Waals surface area contributed by atoms with Crippen LogP contribution in [0.4, 0.5) is 0 Å². The fourth-order valence-corrected chi connectivity index (χ4v) is 1.04. The van der Waals surface area contributed by atoms with Crippen LogP contribution < -0.4 is 0 Å². The molecule has 2 heteroatoms. The molecular formula is C8H11LiN. The molecular weight excluding hydrogens is 117 g/mol. The Labute approximate surface area is 74.0 Å². The molecule has 10 heavy (non-hydrogen) atoms. The van der Waals surface area contributed by atoms with Gasteiger partial charge < -0.3 is 0 Å². The van der Waals surface area contributed by atoms with Crippen LogP contribution in [-0.4, -0.2) is 23.8 Å². The van der Waals surface area contributed by atoms with Crippen molar-refractivity contribution in [3.05, 3.63) is 29.1 Å². The molecule has 0 saturated carbocycles. The molecule has 0 atom stereocenters. The van der Waals surface area contributed by atoms with Crippen molar-refractivity contribution >= 4 is 18.9 Å². The molecule has 1 aromatic rings. The number of hydrogen-bond acceptors (Lipinski definition) is 1. The summed E-state index contributed by atoms with van der Waals surface area (Å²) in [6.07, 6.45) is 0. The standard InChI is InChI=1S/C8H11N.Li/c1-6-4-7(2)9-8(3)5-6;/h4-5H,1-3H3;. The zero-order valence-electron chi connectivity index (χ0n) is 7.10. The Bertz CT molecular complexity index is 170. The van der Waals surface area contributed by atoms with E-state index in [4.69, 9.17) is 0 Å². The largest absolute Gasteiger partial charge is 0.258 e. The first-order valence-electron chi connectivity index (χ1n) is 3.10. The summed E-state index contributed by atoms with van der Waals surface area (Å²) in [6, 6.07) is 4.15. The van der Waals surface area contributed by atoms with Crippen molar-refractivity contribution in [3.8, 4) is 0 Å². The quantitative estimate of drug-likeness (QED) is 0.484. The minimum Gasteiger partial charge on any atom is -0.258 e. The van der Waals surface area contributed by atoms with E-state index in [0.717, 1.165) is 11.4 Å². The van der Waals surface area contributed by atoms with Crippen molar-refractivity contribution in [2.24, 2.45) is 0 Å². The van der Waals surface area contributed by atoms with Gasteiger partial charge in [0.25, 0.3) is 0 Å². The van der Waals surface area contributed by atoms with Crippen LogP contribution in [0.5, 0.6) is 0 Å². The monoisotopic (exact) mass is 128 g/mol. The first kappa shape index (κ1) is 9.75. The molecule has 0 aliphatic heterocycles. The van der Waals surface area contributed by atoms with E-state index in [1.54, 1.807) is 0 Å². The molecule has 0 aromatic carbocycles. The molecule has 0 unspecified atom stereocenters. The molecule has 0 fully saturated rings. The average molecular weight is 128 g/mol. The van der Waals surface area contributed by atoms with E-state index in [2.05, 4.69) is 24.0 Å². The van der Waals surface area contributed by atoms with Gasteiger partial charge in [-0.2, -0.15) is 0 Å². The summed E-state index contributed by atoms with van der Waals surface area (Å²) < 4.78 is 0. The Kier molecular flexibility index (Phi) is 3.71. The zero-order chi connectivity index (χ0) is 6.85. The van der Waals surface area contributed by atoms with Crippen LogP contribution in [0.1, 0.15) is 17.0 Å². The molecule has 0 amide bonds. The minimum absolute atomic E-state index is 0. The van der Waals surface area contributed by atoms with E-state index < -0.39 is 0 Å². The summed E-state index contributed by atoms with van der Waals surface area (Å²) in [7, 11) is 0. The maximum Gasteiger partial charge on any atom is 0.0378 e. The van der Waals surface area contributed by atoms with Gasteiger partial charge in [-0.3, -0.25) is 4.98 Å². The second-order valence-electron chi connectivity index (χ2n) is 2.43. The van der Waals surface area contributed by atoms with Crippen LogP contribution in [-0.2, 0) is 0 Å². The van der Waals surface area contributed by atoms with Crippen molar-refractivity contribution < 1.29 is 0 Å². The molecule has 0 bridgehead atoms. The predicted molar refractivity (Wildman–Crippen MR) is 44.2 cm³/mol. The zero-order valence-corrected chi connectivity index (χ0v) is 7.10. The molecule has 1 aromatic heterocycles. The second kappa shape index (κ2) is 3.80. The molecule has 1 rings (SSSR count). The van der Waals surface area contributed by atoms with Gasteiger partial charge in [0.15, 0.2) is 0 Å². The number of nitrogens with zero attached hydrogens (tertiary/aromatic N) is 1. The van der Waals surface area contributed by atoms with Crippen molar-refractivity contribution in [2.45, 2.75) is 20.8 Å². The second-order valence-corrected chi connectivity index (χ2v) is 2.43. The first-order valence-corrected chi connectivity index (χ1v) is 3.10. The van der Waals surface area contributed by atoms with E-state index in [1.165, 1.54) is 5.56 Å². The number of aryl methyl sites for hydroxylation is 3. The molecule has 0 saturated heterocycles. The summed E-state index contributed by atoms with van der Waals surface area (Å²) in [6.45, 7) is 6.11. The fraction of sp³-hybridized carbons (Fsp3) is 0.375. The molecule has 1 nitrogen and oxygen atoms in total. The van der Waals surface area contributed by atoms with E-state index in [-0.39, 0.29) is 18.9 Å². The molecule has 0 aliphatic rings. The van der Waals surface area contributed by atoms with Gasteiger partial charge in [0.1, 0.15) is 0 Å². The van der Waals surface area contributed by atoms with Gasteiger partial charge in [-0.1, -0.05) is 0 Å². The van der Waals surface area contributed by atoms with Crippen molar-refractivity contribution in [1.29, 1.82) is 0 Å². The van der Waals surface area contributed by atoms with Gasteiger partial charge in [0.05, 0.1) is 0 Å². The SMILES string of the molecule is Cc1cc(C)nc(C)c1.[Li]. The van der Waals surface area contributed by atoms with Gasteiger partial charge in [0, 0.05) is 30.2 Å². The molecule has 0 aliphatic carbocycles. The predicted octanol–water partition coefficient (Wildman–Crippen LogP) is 1.63. The Hall–Kier alpha value is -0.253. The van der Waals surface area contributed by atoms with E-state index in [9.17, 15) is 0 Å². The fourth-order valence-electron chi connectivity index (χ4n) is 1.04. The normalized spacial score (nSPS) is 8.70. The van der Waals surface area contributed by atoms with Crippen molar-refractivity contribution in [2.75, 3.05) is 0 Å². The van der Waals surface area contributed by atoms with Gasteiger partial charge in [-0.15, -0.1) is 0 Å². The molecule has 1 heterocycles. The van der Waals surface area contributed by atoms with E-state index in [1.807, 2.05) is 13.8 Å². The van der Waals surface area contributed by atoms with Crippen LogP contribution in [0.15, 0.2) is 12.1 Å². The minimum atomic E-state index is 0. The third-order valence-electron chi connectivity index (χ3n) is 1.23. The van der Waals surface area contributed by atoms with Crippen LogP contribution in [0, 0.1) is 20.8 Å². The summed E-state index contributed by atoms with van der Waals surface area (Å²) in [4.78, 5) is 4.23.